The first-order valence-corrected chi connectivity index (χ1v) is 11.0. The minimum absolute atomic E-state index is 0.126. The fourth-order valence-electron chi connectivity index (χ4n) is 3.30. The van der Waals surface area contributed by atoms with Crippen LogP contribution >= 0.6 is 11.8 Å². The highest BCUT2D eigenvalue weighted by molar-refractivity contribution is 8.04. The summed E-state index contributed by atoms with van der Waals surface area (Å²) in [6.45, 7) is 14.5. The van der Waals surface area contributed by atoms with E-state index in [1.165, 1.54) is 0 Å². The predicted molar refractivity (Wildman–Crippen MR) is 124 cm³/mol. The van der Waals surface area contributed by atoms with Crippen molar-refractivity contribution in [3.8, 4) is 18.1 Å². The molecule has 0 saturated carbocycles. The lowest BCUT2D eigenvalue weighted by Crippen LogP contribution is -2.33. The molecule has 0 aliphatic carbocycles. The van der Waals surface area contributed by atoms with E-state index in [4.69, 9.17) is 6.42 Å². The maximum Gasteiger partial charge on any atom is 0.237 e. The summed E-state index contributed by atoms with van der Waals surface area (Å²) < 4.78 is 0. The molecule has 1 heterocycles. The summed E-state index contributed by atoms with van der Waals surface area (Å²) in [4.78, 5) is 16.3. The standard InChI is InChI=1S/C24H34N2O2S/c1-9-10-25(8)11-12-26-20(27)16-29-21(26)15-17-13-18(23(2,3)4)22(28)19(14-17)24(5,6)7/h1,13-15,28H,10-12,16H2,2-8H3. The van der Waals surface area contributed by atoms with Gasteiger partial charge in [-0.3, -0.25) is 9.69 Å². The normalized spacial score (nSPS) is 16.7. The number of nitrogens with zero attached hydrogens (tertiary/aromatic N) is 2. The Morgan fingerprint density at radius 3 is 2.24 bits per heavy atom. The van der Waals surface area contributed by atoms with Crippen molar-refractivity contribution in [2.75, 3.05) is 32.4 Å². The monoisotopic (exact) mass is 414 g/mol. The van der Waals surface area contributed by atoms with Crippen molar-refractivity contribution in [3.63, 3.8) is 0 Å². The van der Waals surface area contributed by atoms with Crippen LogP contribution < -0.4 is 0 Å². The third kappa shape index (κ3) is 5.81. The maximum absolute atomic E-state index is 12.4. The molecule has 1 aromatic carbocycles. The lowest BCUT2D eigenvalue weighted by atomic mass is 9.78. The summed E-state index contributed by atoms with van der Waals surface area (Å²) in [6, 6.07) is 4.09. The topological polar surface area (TPSA) is 43.8 Å². The van der Waals surface area contributed by atoms with Gasteiger partial charge in [0.25, 0.3) is 0 Å². The second kappa shape index (κ2) is 8.85. The van der Waals surface area contributed by atoms with Crippen molar-refractivity contribution in [2.24, 2.45) is 0 Å². The third-order valence-electron chi connectivity index (χ3n) is 5.02. The molecule has 4 nitrogen and oxygen atoms in total. The summed E-state index contributed by atoms with van der Waals surface area (Å²) in [5.74, 6) is 3.59. The Morgan fingerprint density at radius 1 is 1.21 bits per heavy atom. The van der Waals surface area contributed by atoms with E-state index in [2.05, 4.69) is 53.5 Å². The first kappa shape index (κ1) is 23.4. The summed E-state index contributed by atoms with van der Waals surface area (Å²) >= 11 is 1.57. The molecule has 29 heavy (non-hydrogen) atoms. The molecule has 0 unspecified atom stereocenters. The molecule has 1 amide bonds. The molecular weight excluding hydrogens is 380 g/mol. The van der Waals surface area contributed by atoms with Gasteiger partial charge in [0.15, 0.2) is 0 Å². The van der Waals surface area contributed by atoms with Gasteiger partial charge in [-0.1, -0.05) is 59.2 Å². The second-order valence-corrected chi connectivity index (χ2v) is 10.7. The third-order valence-corrected chi connectivity index (χ3v) is 6.04. The van der Waals surface area contributed by atoms with Crippen LogP contribution in [0.5, 0.6) is 5.75 Å². The van der Waals surface area contributed by atoms with Crippen LogP contribution in [0, 0.1) is 12.3 Å². The van der Waals surface area contributed by atoms with Crippen LogP contribution in [0.25, 0.3) is 6.08 Å². The van der Waals surface area contributed by atoms with Gasteiger partial charge in [-0.25, -0.2) is 0 Å². The number of phenolic OH excluding ortho intramolecular Hbond substituents is 1. The van der Waals surface area contributed by atoms with Crippen molar-refractivity contribution < 1.29 is 9.90 Å². The second-order valence-electron chi connectivity index (χ2n) is 9.72. The van der Waals surface area contributed by atoms with Crippen LogP contribution in [0.2, 0.25) is 0 Å². The molecule has 1 aliphatic heterocycles. The van der Waals surface area contributed by atoms with Gasteiger partial charge in [0.2, 0.25) is 5.91 Å². The molecular formula is C24H34N2O2S. The molecule has 1 saturated heterocycles. The SMILES string of the molecule is C#CCN(C)CCN1C(=O)CSC1=Cc1cc(C(C)(C)C)c(O)c(C(C)(C)C)c1. The zero-order valence-electron chi connectivity index (χ0n) is 18.8. The number of amides is 1. The van der Waals surface area contributed by atoms with E-state index in [0.29, 0.717) is 24.6 Å². The quantitative estimate of drug-likeness (QED) is 0.724. The van der Waals surface area contributed by atoms with Crippen LogP contribution in [-0.4, -0.2) is 53.2 Å². The van der Waals surface area contributed by atoms with Gasteiger partial charge >= 0.3 is 0 Å². The number of thioether (sulfide) groups is 1. The number of terminal acetylenes is 1. The number of phenols is 1. The zero-order valence-corrected chi connectivity index (χ0v) is 19.6. The van der Waals surface area contributed by atoms with Crippen LogP contribution in [0.3, 0.4) is 0 Å². The van der Waals surface area contributed by atoms with E-state index in [9.17, 15) is 9.90 Å². The van der Waals surface area contributed by atoms with Crippen LogP contribution in [0.1, 0.15) is 58.2 Å². The van der Waals surface area contributed by atoms with Crippen molar-refractivity contribution in [2.45, 2.75) is 52.4 Å². The summed E-state index contributed by atoms with van der Waals surface area (Å²) in [6.07, 6.45) is 7.44. The first-order chi connectivity index (χ1) is 13.3. The summed E-state index contributed by atoms with van der Waals surface area (Å²) in [5, 5.41) is 11.9. The fourth-order valence-corrected chi connectivity index (χ4v) is 4.30. The summed E-state index contributed by atoms with van der Waals surface area (Å²) in [5.41, 5.74) is 2.48. The Balaban J connectivity index is 2.43. The molecule has 2 rings (SSSR count). The van der Waals surface area contributed by atoms with Crippen molar-refractivity contribution >= 4 is 23.7 Å². The minimum atomic E-state index is -0.186. The molecule has 1 fully saturated rings. The Hall–Kier alpha value is -1.90. The van der Waals surface area contributed by atoms with E-state index in [1.54, 1.807) is 11.8 Å². The number of rotatable bonds is 5. The van der Waals surface area contributed by atoms with E-state index in [-0.39, 0.29) is 16.7 Å². The van der Waals surface area contributed by atoms with Gasteiger partial charge < -0.3 is 10.0 Å². The molecule has 0 bridgehead atoms. The van der Waals surface area contributed by atoms with E-state index in [1.807, 2.05) is 29.0 Å². The van der Waals surface area contributed by atoms with Gasteiger partial charge in [0.1, 0.15) is 5.75 Å². The number of benzene rings is 1. The number of hydrogen-bond donors (Lipinski definition) is 1. The van der Waals surface area contributed by atoms with Crippen LogP contribution in [0.15, 0.2) is 17.2 Å². The largest absolute Gasteiger partial charge is 0.507 e. The average molecular weight is 415 g/mol. The first-order valence-electron chi connectivity index (χ1n) is 9.99. The number of hydrogen-bond acceptors (Lipinski definition) is 4. The lowest BCUT2D eigenvalue weighted by molar-refractivity contribution is -0.125. The van der Waals surface area contributed by atoms with E-state index < -0.39 is 0 Å². The van der Waals surface area contributed by atoms with Crippen LogP contribution in [0.4, 0.5) is 0 Å². The highest BCUT2D eigenvalue weighted by Crippen LogP contribution is 2.41. The molecule has 0 radical (unpaired) electrons. The molecule has 0 spiro atoms. The van der Waals surface area contributed by atoms with Crippen molar-refractivity contribution in [1.82, 2.24) is 9.80 Å². The minimum Gasteiger partial charge on any atom is -0.507 e. The van der Waals surface area contributed by atoms with Crippen molar-refractivity contribution in [3.05, 3.63) is 33.9 Å². The Morgan fingerprint density at radius 2 is 1.76 bits per heavy atom. The molecule has 1 aliphatic rings. The molecule has 158 valence electrons. The van der Waals surface area contributed by atoms with Gasteiger partial charge in [0.05, 0.1) is 17.3 Å². The van der Waals surface area contributed by atoms with Gasteiger partial charge in [0, 0.05) is 24.2 Å². The fraction of sp³-hybridized carbons (Fsp3) is 0.542. The van der Waals surface area contributed by atoms with E-state index >= 15 is 0 Å². The number of carbonyl (C=O) groups is 1. The number of likely N-dealkylation sites (N-methyl/N-ethyl adjacent to an activating group) is 1. The Labute approximate surface area is 180 Å². The molecule has 0 aromatic heterocycles. The Kier molecular flexibility index (Phi) is 7.14. The molecule has 5 heteroatoms. The molecule has 1 N–H and O–H groups in total. The highest BCUT2D eigenvalue weighted by Gasteiger charge is 2.29. The van der Waals surface area contributed by atoms with Gasteiger partial charge in [-0.15, -0.1) is 6.42 Å². The van der Waals surface area contributed by atoms with Gasteiger partial charge in [-0.05, 0) is 41.6 Å². The number of aromatic hydroxyl groups is 1. The predicted octanol–water partition coefficient (Wildman–Crippen LogP) is 4.43. The van der Waals surface area contributed by atoms with Crippen molar-refractivity contribution in [1.29, 1.82) is 0 Å². The maximum atomic E-state index is 12.4. The van der Waals surface area contributed by atoms with Crippen LogP contribution in [-0.2, 0) is 15.6 Å². The average Bonchev–Trinajstić information content (AvgIpc) is 2.92. The molecule has 1 aromatic rings. The van der Waals surface area contributed by atoms with E-state index in [0.717, 1.165) is 28.3 Å². The van der Waals surface area contributed by atoms with Gasteiger partial charge in [-0.2, -0.15) is 0 Å². The number of carbonyl (C=O) groups excluding carboxylic acids is 1. The molecule has 0 atom stereocenters. The highest BCUT2D eigenvalue weighted by atomic mass is 32.2. The Bertz CT molecular complexity index is 803. The smallest absolute Gasteiger partial charge is 0.237 e. The zero-order chi connectivity index (χ0) is 22.0. The lowest BCUT2D eigenvalue weighted by Gasteiger charge is -2.28. The summed E-state index contributed by atoms with van der Waals surface area (Å²) in [7, 11) is 1.96.